The van der Waals surface area contributed by atoms with E-state index in [4.69, 9.17) is 9.47 Å². The maximum atomic E-state index is 13.1. The van der Waals surface area contributed by atoms with Crippen LogP contribution in [0, 0.1) is 0 Å². The van der Waals surface area contributed by atoms with Gasteiger partial charge in [0.15, 0.2) is 0 Å². The lowest BCUT2D eigenvalue weighted by Crippen LogP contribution is -2.13. The van der Waals surface area contributed by atoms with Gasteiger partial charge >= 0.3 is 0 Å². The first-order valence-electron chi connectivity index (χ1n) is 11.0. The number of ether oxygens (including phenoxy) is 2. The first-order chi connectivity index (χ1) is 15.8. The highest BCUT2D eigenvalue weighted by Gasteiger charge is 2.23. The van der Waals surface area contributed by atoms with Crippen molar-refractivity contribution >= 4 is 5.78 Å². The second-order valence-electron chi connectivity index (χ2n) is 8.37. The maximum Gasteiger partial charge on any atom is 0.141 e. The van der Waals surface area contributed by atoms with Gasteiger partial charge in [0.2, 0.25) is 0 Å². The highest BCUT2D eigenvalue weighted by Crippen LogP contribution is 2.41. The van der Waals surface area contributed by atoms with Gasteiger partial charge in [0.1, 0.15) is 30.5 Å². The molecule has 0 aromatic heterocycles. The molecule has 2 aliphatic heterocycles. The van der Waals surface area contributed by atoms with Crippen molar-refractivity contribution in [3.8, 4) is 33.8 Å². The number of para-hydroxylation sites is 2. The van der Waals surface area contributed by atoms with E-state index in [2.05, 4.69) is 36.4 Å². The Morgan fingerprint density at radius 1 is 0.562 bits per heavy atom. The molecule has 2 heterocycles. The van der Waals surface area contributed by atoms with Gasteiger partial charge in [0.05, 0.1) is 0 Å². The molecule has 0 unspecified atom stereocenters. The fourth-order valence-electron chi connectivity index (χ4n) is 4.82. The average molecular weight is 418 g/mol. The van der Waals surface area contributed by atoms with Crippen LogP contribution >= 0.6 is 0 Å². The van der Waals surface area contributed by atoms with E-state index in [1.165, 1.54) is 22.3 Å². The second kappa shape index (κ2) is 7.69. The Kier molecular flexibility index (Phi) is 4.53. The van der Waals surface area contributed by atoms with Crippen molar-refractivity contribution in [2.24, 2.45) is 0 Å². The monoisotopic (exact) mass is 418 g/mol. The van der Waals surface area contributed by atoms with E-state index < -0.39 is 0 Å². The molecule has 6 rings (SSSR count). The zero-order valence-corrected chi connectivity index (χ0v) is 17.6. The number of rotatable bonds is 4. The number of benzene rings is 4. The minimum Gasteiger partial charge on any atom is -0.488 e. The fraction of sp³-hybridized carbons (Fsp3) is 0.138. The molecule has 0 radical (unpaired) electrons. The molecule has 0 atom stereocenters. The highest BCUT2D eigenvalue weighted by atomic mass is 16.5. The van der Waals surface area contributed by atoms with Crippen LogP contribution in [0.3, 0.4) is 0 Å². The number of hydrogen-bond donors (Lipinski definition) is 0. The molecule has 0 saturated heterocycles. The Hall–Kier alpha value is -3.85. The molecule has 0 aliphatic carbocycles. The van der Waals surface area contributed by atoms with Crippen molar-refractivity contribution in [3.05, 3.63) is 107 Å². The van der Waals surface area contributed by atoms with Crippen LogP contribution < -0.4 is 9.47 Å². The predicted octanol–water partition coefficient (Wildman–Crippen LogP) is 6.16. The van der Waals surface area contributed by atoms with E-state index in [0.717, 1.165) is 33.8 Å². The number of Topliss-reactive ketones (excluding diaryl/α,β-unsaturated/α-hetero) is 1. The summed E-state index contributed by atoms with van der Waals surface area (Å²) in [6, 6.07) is 28.7. The van der Waals surface area contributed by atoms with Gasteiger partial charge in [-0.3, -0.25) is 4.79 Å². The first-order valence-corrected chi connectivity index (χ1v) is 11.0. The van der Waals surface area contributed by atoms with E-state index in [1.54, 1.807) is 0 Å². The Balaban J connectivity index is 1.28. The molecule has 4 aromatic rings. The Morgan fingerprint density at radius 2 is 1.00 bits per heavy atom. The quantitative estimate of drug-likeness (QED) is 0.398. The van der Waals surface area contributed by atoms with Gasteiger partial charge in [-0.05, 0) is 22.3 Å². The summed E-state index contributed by atoms with van der Waals surface area (Å²) < 4.78 is 12.2. The second-order valence-corrected chi connectivity index (χ2v) is 8.37. The van der Waals surface area contributed by atoms with Crippen LogP contribution in [-0.2, 0) is 30.8 Å². The lowest BCUT2D eigenvalue weighted by molar-refractivity contribution is -0.117. The predicted molar refractivity (Wildman–Crippen MR) is 125 cm³/mol. The van der Waals surface area contributed by atoms with Gasteiger partial charge in [-0.1, -0.05) is 84.9 Å². The number of carbonyl (C=O) groups is 1. The fourth-order valence-corrected chi connectivity index (χ4v) is 4.82. The van der Waals surface area contributed by atoms with E-state index in [0.29, 0.717) is 26.1 Å². The van der Waals surface area contributed by atoms with Crippen LogP contribution in [0.1, 0.15) is 22.3 Å². The van der Waals surface area contributed by atoms with Crippen LogP contribution in [0.5, 0.6) is 11.5 Å². The molecule has 0 fully saturated rings. The zero-order chi connectivity index (χ0) is 21.5. The van der Waals surface area contributed by atoms with E-state index in [1.807, 2.05) is 48.5 Å². The van der Waals surface area contributed by atoms with Crippen molar-refractivity contribution in [2.45, 2.75) is 26.1 Å². The van der Waals surface area contributed by atoms with Crippen LogP contribution in [0.15, 0.2) is 84.9 Å². The third-order valence-corrected chi connectivity index (χ3v) is 6.33. The molecule has 0 saturated carbocycles. The molecule has 3 heteroatoms. The van der Waals surface area contributed by atoms with Crippen molar-refractivity contribution in [1.82, 2.24) is 0 Å². The number of fused-ring (bicyclic) bond motifs is 6. The zero-order valence-electron chi connectivity index (χ0n) is 17.6. The third-order valence-electron chi connectivity index (χ3n) is 6.33. The molecule has 156 valence electrons. The Bertz CT molecular complexity index is 1250. The average Bonchev–Trinajstić information content (AvgIpc) is 2.84. The summed E-state index contributed by atoms with van der Waals surface area (Å²) in [7, 11) is 0. The van der Waals surface area contributed by atoms with Gasteiger partial charge in [-0.25, -0.2) is 0 Å². The van der Waals surface area contributed by atoms with E-state index in [9.17, 15) is 4.79 Å². The van der Waals surface area contributed by atoms with Crippen molar-refractivity contribution in [2.75, 3.05) is 0 Å². The molecule has 4 aromatic carbocycles. The van der Waals surface area contributed by atoms with Crippen LogP contribution in [0.2, 0.25) is 0 Å². The van der Waals surface area contributed by atoms with Crippen molar-refractivity contribution in [1.29, 1.82) is 0 Å². The number of ketones is 1. The van der Waals surface area contributed by atoms with Crippen LogP contribution in [0.4, 0.5) is 0 Å². The minimum absolute atomic E-state index is 0.150. The van der Waals surface area contributed by atoms with Crippen molar-refractivity contribution in [3.63, 3.8) is 0 Å². The van der Waals surface area contributed by atoms with Crippen molar-refractivity contribution < 1.29 is 14.3 Å². The SMILES string of the molecule is O=C(Cc1cccc2c1OCc1ccccc1-2)Cc1cccc2c1OCc1ccccc1-2. The number of hydrogen-bond acceptors (Lipinski definition) is 3. The van der Waals surface area contributed by atoms with Gasteiger partial charge in [-0.15, -0.1) is 0 Å². The molecule has 3 nitrogen and oxygen atoms in total. The molecule has 0 amide bonds. The molecule has 0 N–H and O–H groups in total. The maximum absolute atomic E-state index is 13.1. The molecule has 0 bridgehead atoms. The minimum atomic E-state index is 0.150. The summed E-state index contributed by atoms with van der Waals surface area (Å²) >= 11 is 0. The first kappa shape index (κ1) is 18.9. The number of carbonyl (C=O) groups excluding carboxylic acids is 1. The smallest absolute Gasteiger partial charge is 0.141 e. The molecular weight excluding hydrogens is 396 g/mol. The van der Waals surface area contributed by atoms with E-state index in [-0.39, 0.29) is 5.78 Å². The summed E-state index contributed by atoms with van der Waals surface area (Å²) in [5.41, 5.74) is 8.74. The molecule has 32 heavy (non-hydrogen) atoms. The Morgan fingerprint density at radius 3 is 1.50 bits per heavy atom. The standard InChI is InChI=1S/C29H22O3/c30-23(15-19-9-5-13-26-24-11-3-1-7-21(24)17-31-28(19)26)16-20-10-6-14-27-25-12-4-2-8-22(25)18-32-29(20)27/h1-14H,15-18H2. The molecular formula is C29H22O3. The highest BCUT2D eigenvalue weighted by molar-refractivity contribution is 5.87. The summed E-state index contributed by atoms with van der Waals surface area (Å²) in [6.45, 7) is 1.07. The lowest BCUT2D eigenvalue weighted by Gasteiger charge is -2.24. The van der Waals surface area contributed by atoms with Crippen LogP contribution in [-0.4, -0.2) is 5.78 Å². The summed E-state index contributed by atoms with van der Waals surface area (Å²) in [5, 5.41) is 0. The van der Waals surface area contributed by atoms with Gasteiger partial charge in [0.25, 0.3) is 0 Å². The van der Waals surface area contributed by atoms with Gasteiger partial charge in [-0.2, -0.15) is 0 Å². The lowest BCUT2D eigenvalue weighted by atomic mass is 9.91. The molecule has 0 spiro atoms. The topological polar surface area (TPSA) is 35.5 Å². The van der Waals surface area contributed by atoms with Crippen LogP contribution in [0.25, 0.3) is 22.3 Å². The third kappa shape index (κ3) is 3.18. The van der Waals surface area contributed by atoms with E-state index >= 15 is 0 Å². The summed E-state index contributed by atoms with van der Waals surface area (Å²) in [4.78, 5) is 13.1. The Labute approximate surface area is 187 Å². The largest absolute Gasteiger partial charge is 0.488 e. The van der Waals surface area contributed by atoms with Gasteiger partial charge < -0.3 is 9.47 Å². The summed E-state index contributed by atoms with van der Waals surface area (Å²) in [5.74, 6) is 1.82. The normalized spacial score (nSPS) is 13.0. The van der Waals surface area contributed by atoms with Gasteiger partial charge in [0, 0.05) is 35.1 Å². The molecule has 2 aliphatic rings. The summed E-state index contributed by atoms with van der Waals surface area (Å²) in [6.07, 6.45) is 0.678.